The number of carbonyl (C=O) groups is 1. The van der Waals surface area contributed by atoms with E-state index in [9.17, 15) is 28.8 Å². The number of rotatable bonds is 18. The maximum absolute atomic E-state index is 14.4. The van der Waals surface area contributed by atoms with Crippen molar-refractivity contribution >= 4 is 38.6 Å². The van der Waals surface area contributed by atoms with E-state index in [0.29, 0.717) is 11.1 Å². The highest BCUT2D eigenvalue weighted by molar-refractivity contribution is 7.48. The average Bonchev–Trinajstić information content (AvgIpc) is 3.27. The van der Waals surface area contributed by atoms with Gasteiger partial charge in [0.05, 0.1) is 30.2 Å². The van der Waals surface area contributed by atoms with Crippen molar-refractivity contribution in [2.75, 3.05) is 16.8 Å². The number of hydrogen-bond donors (Lipinski definition) is 4. The summed E-state index contributed by atoms with van der Waals surface area (Å²) < 4.78 is 47.6. The number of phenolic OH excluding ortho intramolecular Hbond substituents is 1. The van der Waals surface area contributed by atoms with E-state index in [1.807, 2.05) is 13.0 Å². The normalized spacial score (nSPS) is 15.0. The van der Waals surface area contributed by atoms with E-state index in [4.69, 9.17) is 18.1 Å². The van der Waals surface area contributed by atoms with Gasteiger partial charge in [-0.1, -0.05) is 102 Å². The third-order valence-electron chi connectivity index (χ3n) is 8.77. The number of allylic oxidation sites excluding steroid dienone is 5. The van der Waals surface area contributed by atoms with Crippen LogP contribution >= 0.6 is 15.6 Å². The largest absolute Gasteiger partial charge is 0.527 e. The van der Waals surface area contributed by atoms with Crippen molar-refractivity contribution in [2.24, 2.45) is 0 Å². The second-order valence-corrected chi connectivity index (χ2v) is 16.4. The van der Waals surface area contributed by atoms with Crippen molar-refractivity contribution in [2.45, 2.75) is 66.6 Å². The van der Waals surface area contributed by atoms with Gasteiger partial charge >= 0.3 is 15.6 Å². The van der Waals surface area contributed by atoms with Crippen LogP contribution in [0.15, 0.2) is 126 Å². The maximum atomic E-state index is 14.4. The third kappa shape index (κ3) is 12.3. The number of para-hydroxylation sites is 1. The summed E-state index contributed by atoms with van der Waals surface area (Å²) in [5.74, 6) is -1.44. The van der Waals surface area contributed by atoms with Gasteiger partial charge in [0.2, 0.25) is 0 Å². The number of hydrogen-bond acceptors (Lipinski definition) is 9. The zero-order valence-electron chi connectivity index (χ0n) is 31.9. The highest BCUT2D eigenvalue weighted by Crippen LogP contribution is 2.53. The van der Waals surface area contributed by atoms with Gasteiger partial charge in [-0.25, -0.2) is 9.13 Å². The molecule has 4 N–H and O–H groups in total. The molecule has 4 aromatic rings. The number of amides is 1. The summed E-state index contributed by atoms with van der Waals surface area (Å²) in [7, 11) is -9.44. The van der Waals surface area contributed by atoms with Crippen LogP contribution in [0, 0.1) is 0 Å². The van der Waals surface area contributed by atoms with E-state index in [1.54, 1.807) is 60.7 Å². The van der Waals surface area contributed by atoms with Gasteiger partial charge in [-0.2, -0.15) is 0 Å². The molecule has 56 heavy (non-hydrogen) atoms. The Morgan fingerprint density at radius 1 is 0.714 bits per heavy atom. The maximum Gasteiger partial charge on any atom is 0.527 e. The summed E-state index contributed by atoms with van der Waals surface area (Å²) in [5, 5.41) is 14.4. The number of phosphoric acid groups is 2. The van der Waals surface area contributed by atoms with Crippen molar-refractivity contribution in [3.8, 4) is 17.2 Å². The summed E-state index contributed by atoms with van der Waals surface area (Å²) in [6.07, 6.45) is 9.82. The molecule has 0 aliphatic carbocycles. The molecule has 0 radical (unpaired) electrons. The number of nitrogens with zero attached hydrogens (tertiary/aromatic N) is 1. The Labute approximate surface area is 328 Å². The van der Waals surface area contributed by atoms with Crippen molar-refractivity contribution < 1.29 is 46.9 Å². The molecule has 1 amide bonds. The van der Waals surface area contributed by atoms with Crippen molar-refractivity contribution in [3.05, 3.63) is 143 Å². The third-order valence-corrected chi connectivity index (χ3v) is 10.5. The smallest absolute Gasteiger partial charge is 0.506 e. The van der Waals surface area contributed by atoms with Crippen molar-refractivity contribution in [1.29, 1.82) is 0 Å². The molecule has 1 aliphatic rings. The fourth-order valence-electron chi connectivity index (χ4n) is 5.81. The molecule has 4 aromatic carbocycles. The van der Waals surface area contributed by atoms with E-state index in [2.05, 4.69) is 38.2 Å². The molecular weight excluding hydrogens is 754 g/mol. The molecule has 0 saturated heterocycles. The lowest BCUT2D eigenvalue weighted by atomic mass is 10.1. The molecular formula is C42H48N2O10P2. The second kappa shape index (κ2) is 19.3. The minimum Gasteiger partial charge on any atom is -0.506 e. The number of benzene rings is 4. The summed E-state index contributed by atoms with van der Waals surface area (Å²) in [6, 6.07) is 24.4. The molecule has 0 aromatic heterocycles. The second-order valence-electron chi connectivity index (χ2n) is 13.7. The molecule has 296 valence electrons. The number of phosphoric ester groups is 2. The van der Waals surface area contributed by atoms with Gasteiger partial charge in [0, 0.05) is 18.7 Å². The lowest BCUT2D eigenvalue weighted by Gasteiger charge is -2.23. The van der Waals surface area contributed by atoms with Crippen LogP contribution < -0.4 is 19.3 Å². The summed E-state index contributed by atoms with van der Waals surface area (Å²) in [6.45, 7) is 7.86. The zero-order valence-corrected chi connectivity index (χ0v) is 33.7. The Hall–Kier alpha value is -4.93. The van der Waals surface area contributed by atoms with Gasteiger partial charge in [0.15, 0.2) is 5.75 Å². The summed E-state index contributed by atoms with van der Waals surface area (Å²) >= 11 is 0. The van der Waals surface area contributed by atoms with Crippen molar-refractivity contribution in [1.82, 2.24) is 0 Å². The molecule has 12 nitrogen and oxygen atoms in total. The summed E-state index contributed by atoms with van der Waals surface area (Å²) in [4.78, 5) is 37.1. The zero-order chi connectivity index (χ0) is 40.3. The number of aromatic hydroxyl groups is 1. The molecule has 0 bridgehead atoms. The topological polar surface area (TPSA) is 164 Å². The molecule has 0 saturated carbocycles. The van der Waals surface area contributed by atoms with Crippen molar-refractivity contribution in [3.63, 3.8) is 0 Å². The van der Waals surface area contributed by atoms with Gasteiger partial charge in [-0.3, -0.25) is 23.6 Å². The SMILES string of the molecule is CC(C)=CCCC(C)=CCCC(C)=CCN1C(=O)c2cccc(OP(=O)(O)OCc3ccccc3)c2Nc2c(O)cc(OP(=O)(O)OCc3ccccc3)cc21. The quantitative estimate of drug-likeness (QED) is 0.0430. The van der Waals surface area contributed by atoms with Crippen LogP contribution in [0.4, 0.5) is 17.1 Å². The van der Waals surface area contributed by atoms with Gasteiger partial charge in [0.25, 0.3) is 5.91 Å². The number of fused-ring (bicyclic) bond motifs is 2. The lowest BCUT2D eigenvalue weighted by molar-refractivity contribution is 0.0990. The molecule has 1 aliphatic heterocycles. The Morgan fingerprint density at radius 3 is 1.89 bits per heavy atom. The van der Waals surface area contributed by atoms with E-state index in [1.165, 1.54) is 40.3 Å². The van der Waals surface area contributed by atoms with Crippen LogP contribution in [0.25, 0.3) is 0 Å². The average molecular weight is 803 g/mol. The van der Waals surface area contributed by atoms with Gasteiger partial charge in [0.1, 0.15) is 17.2 Å². The molecule has 14 heteroatoms. The highest BCUT2D eigenvalue weighted by Gasteiger charge is 2.34. The highest BCUT2D eigenvalue weighted by atomic mass is 31.2. The minimum atomic E-state index is -4.72. The Morgan fingerprint density at radius 2 is 1.29 bits per heavy atom. The molecule has 2 unspecified atom stereocenters. The van der Waals surface area contributed by atoms with E-state index in [-0.39, 0.29) is 53.9 Å². The molecule has 0 fully saturated rings. The molecule has 2 atom stereocenters. The first-order chi connectivity index (χ1) is 26.7. The van der Waals surface area contributed by atoms with E-state index in [0.717, 1.165) is 37.3 Å². The number of anilines is 3. The van der Waals surface area contributed by atoms with Gasteiger partial charge in [-0.05, 0) is 76.6 Å². The van der Waals surface area contributed by atoms with Gasteiger partial charge in [-0.15, -0.1) is 0 Å². The van der Waals surface area contributed by atoms with Crippen LogP contribution in [0.1, 0.15) is 74.9 Å². The van der Waals surface area contributed by atoms with Gasteiger partial charge < -0.3 is 24.4 Å². The van der Waals surface area contributed by atoms with E-state index < -0.39 is 27.3 Å². The van der Waals surface area contributed by atoms with Crippen LogP contribution in [-0.4, -0.2) is 27.3 Å². The molecule has 1 heterocycles. The van der Waals surface area contributed by atoms with E-state index >= 15 is 0 Å². The first-order valence-electron chi connectivity index (χ1n) is 18.1. The Bertz CT molecular complexity index is 2180. The Balaban J connectivity index is 1.44. The number of carbonyl (C=O) groups excluding carboxylic acids is 1. The molecule has 0 spiro atoms. The first kappa shape index (κ1) is 42.2. The monoisotopic (exact) mass is 802 g/mol. The van der Waals surface area contributed by atoms with Crippen LogP contribution in [-0.2, 0) is 31.4 Å². The van der Waals surface area contributed by atoms with Crippen LogP contribution in [0.3, 0.4) is 0 Å². The predicted molar refractivity (Wildman–Crippen MR) is 218 cm³/mol. The number of nitrogens with one attached hydrogen (secondary N) is 1. The minimum absolute atomic E-state index is 0.00347. The standard InChI is InChI=1S/C42H48N2O10P2/c1-30(2)14-11-15-31(3)16-12-17-32(4)24-25-44-37-26-35(53-55(47,48)51-28-33-18-7-5-8-19-33)27-38(45)41(37)43-40-36(42(44)46)22-13-23-39(40)54-56(49,50)52-29-34-20-9-6-10-21-34/h5-10,13-14,16,18-24,26-27,43,45H,11-12,15,17,25,28-29H2,1-4H3,(H,47,48)(H,49,50). The fourth-order valence-corrected chi connectivity index (χ4v) is 7.32. The number of phenols is 1. The van der Waals surface area contributed by atoms with Crippen LogP contribution in [0.2, 0.25) is 0 Å². The Kier molecular flexibility index (Phi) is 14.5. The fraction of sp³-hybridized carbons (Fsp3) is 0.262. The lowest BCUT2D eigenvalue weighted by Crippen LogP contribution is -2.30. The first-order valence-corrected chi connectivity index (χ1v) is 21.1. The molecule has 5 rings (SSSR count). The predicted octanol–water partition coefficient (Wildman–Crippen LogP) is 10.9. The summed E-state index contributed by atoms with van der Waals surface area (Å²) in [5.41, 5.74) is 5.04. The van der Waals surface area contributed by atoms with Crippen LogP contribution in [0.5, 0.6) is 17.2 Å².